The van der Waals surface area contributed by atoms with E-state index in [0.29, 0.717) is 38.5 Å². The number of benzene rings is 1. The minimum Gasteiger partial charge on any atom is -0.484 e. The molecular weight excluding hydrogens is 428 g/mol. The minimum absolute atomic E-state index is 0.114. The van der Waals surface area contributed by atoms with Crippen molar-refractivity contribution in [3.8, 4) is 5.75 Å². The maximum atomic E-state index is 12.4. The first-order chi connectivity index (χ1) is 14.4. The third kappa shape index (κ3) is 4.21. The van der Waals surface area contributed by atoms with Gasteiger partial charge in [-0.2, -0.15) is 0 Å². The first-order valence-electron chi connectivity index (χ1n) is 8.81. The van der Waals surface area contributed by atoms with E-state index in [4.69, 9.17) is 9.15 Å². The Morgan fingerprint density at radius 3 is 2.93 bits per heavy atom. The van der Waals surface area contributed by atoms with Crippen LogP contribution in [0.5, 0.6) is 5.75 Å². The summed E-state index contributed by atoms with van der Waals surface area (Å²) in [7, 11) is 0. The molecule has 3 heterocycles. The number of thiophene rings is 1. The second-order valence-corrected chi connectivity index (χ2v) is 8.34. The van der Waals surface area contributed by atoms with Crippen molar-refractivity contribution in [3.05, 3.63) is 62.3 Å². The maximum absolute atomic E-state index is 12.4. The molecule has 11 heteroatoms. The second kappa shape index (κ2) is 8.28. The number of aromatic carboxylic acids is 1. The fourth-order valence-electron chi connectivity index (χ4n) is 2.80. The lowest BCUT2D eigenvalue weighted by atomic mass is 10.2. The highest BCUT2D eigenvalue weighted by Gasteiger charge is 2.19. The van der Waals surface area contributed by atoms with Gasteiger partial charge in [0.05, 0.1) is 11.1 Å². The van der Waals surface area contributed by atoms with Crippen LogP contribution in [0.4, 0.5) is 0 Å². The molecule has 3 aromatic heterocycles. The van der Waals surface area contributed by atoms with Gasteiger partial charge in [-0.05, 0) is 37.1 Å². The highest BCUT2D eigenvalue weighted by Crippen LogP contribution is 2.28. The molecule has 154 valence electrons. The first-order valence-corrected chi connectivity index (χ1v) is 10.6. The fourth-order valence-corrected chi connectivity index (χ4v) is 4.49. The number of rotatable bonds is 7. The lowest BCUT2D eigenvalue weighted by Crippen LogP contribution is -2.11. The number of aromatic nitrogens is 4. The van der Waals surface area contributed by atoms with E-state index in [9.17, 15) is 14.7 Å². The summed E-state index contributed by atoms with van der Waals surface area (Å²) in [5, 5.41) is 17.8. The van der Waals surface area contributed by atoms with Crippen molar-refractivity contribution in [1.82, 2.24) is 20.2 Å². The van der Waals surface area contributed by atoms with Crippen LogP contribution in [0.2, 0.25) is 0 Å². The fraction of sp³-hybridized carbons (Fsp3) is 0.211. The Hall–Kier alpha value is -3.18. The van der Waals surface area contributed by atoms with Crippen molar-refractivity contribution >= 4 is 39.3 Å². The van der Waals surface area contributed by atoms with E-state index in [0.717, 1.165) is 16.9 Å². The number of carboxylic acid groups (broad SMARTS) is 1. The van der Waals surface area contributed by atoms with Crippen LogP contribution in [-0.4, -0.2) is 31.2 Å². The molecule has 2 N–H and O–H groups in total. The molecule has 9 nitrogen and oxygen atoms in total. The van der Waals surface area contributed by atoms with Gasteiger partial charge in [0, 0.05) is 0 Å². The monoisotopic (exact) mass is 444 g/mol. The number of nitrogens with zero attached hydrogens (tertiary/aromatic N) is 3. The normalized spacial score (nSPS) is 11.1. The largest absolute Gasteiger partial charge is 0.484 e. The van der Waals surface area contributed by atoms with Gasteiger partial charge in [0.15, 0.2) is 6.61 Å². The van der Waals surface area contributed by atoms with Crippen LogP contribution in [0.3, 0.4) is 0 Å². The van der Waals surface area contributed by atoms with Crippen molar-refractivity contribution in [3.63, 3.8) is 0 Å². The number of thioether (sulfide) groups is 1. The summed E-state index contributed by atoms with van der Waals surface area (Å²) in [6.07, 6.45) is 0. The molecule has 0 spiro atoms. The lowest BCUT2D eigenvalue weighted by molar-refractivity contribution is 0.0701. The molecule has 0 bridgehead atoms. The molecule has 0 aliphatic rings. The third-order valence-corrected chi connectivity index (χ3v) is 6.18. The number of H-pyrrole nitrogens is 1. The molecule has 30 heavy (non-hydrogen) atoms. The van der Waals surface area contributed by atoms with Crippen LogP contribution in [-0.2, 0) is 12.4 Å². The summed E-state index contributed by atoms with van der Waals surface area (Å²) < 4.78 is 11.2. The highest BCUT2D eigenvalue weighted by atomic mass is 32.2. The van der Waals surface area contributed by atoms with Crippen molar-refractivity contribution in [2.75, 3.05) is 0 Å². The van der Waals surface area contributed by atoms with Gasteiger partial charge < -0.3 is 19.2 Å². The number of ether oxygens (including phenoxy) is 1. The van der Waals surface area contributed by atoms with Gasteiger partial charge in [-0.15, -0.1) is 21.5 Å². The molecule has 0 atom stereocenters. The zero-order valence-corrected chi connectivity index (χ0v) is 17.6. The molecular formula is C19H16N4O5S2. The summed E-state index contributed by atoms with van der Waals surface area (Å²) in [5.41, 5.74) is 1.14. The van der Waals surface area contributed by atoms with Gasteiger partial charge in [-0.3, -0.25) is 4.79 Å². The van der Waals surface area contributed by atoms with E-state index < -0.39 is 5.97 Å². The number of carboxylic acids is 1. The summed E-state index contributed by atoms with van der Waals surface area (Å²) in [5.74, 6) is 0.647. The number of aromatic amines is 1. The van der Waals surface area contributed by atoms with Crippen LogP contribution in [0.15, 0.2) is 38.7 Å². The highest BCUT2D eigenvalue weighted by molar-refractivity contribution is 7.98. The zero-order valence-electron chi connectivity index (χ0n) is 16.0. The van der Waals surface area contributed by atoms with E-state index in [1.54, 1.807) is 6.92 Å². The average molecular weight is 444 g/mol. The van der Waals surface area contributed by atoms with Crippen molar-refractivity contribution in [2.45, 2.75) is 31.4 Å². The Balaban J connectivity index is 1.43. The Bertz CT molecular complexity index is 1290. The Labute approximate surface area is 178 Å². The molecule has 0 aliphatic carbocycles. The average Bonchev–Trinajstić information content (AvgIpc) is 3.29. The number of fused-ring (bicyclic) bond motifs is 1. The molecule has 0 amide bonds. The van der Waals surface area contributed by atoms with Crippen LogP contribution >= 0.6 is 23.1 Å². The quantitative estimate of drug-likeness (QED) is 0.411. The predicted octanol–water partition coefficient (Wildman–Crippen LogP) is 3.55. The van der Waals surface area contributed by atoms with Crippen LogP contribution in [0.25, 0.3) is 10.2 Å². The number of hydrogen-bond donors (Lipinski definition) is 2. The second-order valence-electron chi connectivity index (χ2n) is 6.41. The Morgan fingerprint density at radius 2 is 2.17 bits per heavy atom. The lowest BCUT2D eigenvalue weighted by Gasteiger charge is -2.03. The molecule has 0 unspecified atom stereocenters. The van der Waals surface area contributed by atoms with E-state index in [1.165, 1.54) is 11.8 Å². The first kappa shape index (κ1) is 20.1. The van der Waals surface area contributed by atoms with Gasteiger partial charge >= 0.3 is 5.97 Å². The standard InChI is InChI=1S/C19H16N4O5S2/c1-9-4-3-5-11(6-9)27-7-13-22-23-19(28-13)29-8-12-20-16(24)14-10(2)15(18(25)26)30-17(14)21-12/h3-6H,7-8H2,1-2H3,(H,25,26)(H,20,21,24). The van der Waals surface area contributed by atoms with Crippen LogP contribution in [0, 0.1) is 13.8 Å². The van der Waals surface area contributed by atoms with Crippen LogP contribution in [0.1, 0.15) is 32.5 Å². The van der Waals surface area contributed by atoms with Crippen molar-refractivity contribution < 1.29 is 19.1 Å². The Morgan fingerprint density at radius 1 is 1.33 bits per heavy atom. The van der Waals surface area contributed by atoms with Gasteiger partial charge in [0.1, 0.15) is 21.3 Å². The number of aryl methyl sites for hydroxylation is 2. The number of nitrogens with one attached hydrogen (secondary N) is 1. The molecule has 0 saturated carbocycles. The van der Waals surface area contributed by atoms with E-state index in [1.807, 2.05) is 31.2 Å². The molecule has 0 fully saturated rings. The maximum Gasteiger partial charge on any atom is 0.346 e. The van der Waals surface area contributed by atoms with E-state index >= 15 is 0 Å². The molecule has 0 radical (unpaired) electrons. The number of hydrogen-bond acceptors (Lipinski definition) is 9. The number of carbonyl (C=O) groups is 1. The summed E-state index contributed by atoms with van der Waals surface area (Å²) in [6, 6.07) is 7.63. The molecule has 0 saturated heterocycles. The van der Waals surface area contributed by atoms with E-state index in [2.05, 4.69) is 20.2 Å². The third-order valence-electron chi connectivity index (χ3n) is 4.18. The summed E-state index contributed by atoms with van der Waals surface area (Å²) in [6.45, 7) is 3.72. The predicted molar refractivity (Wildman–Crippen MR) is 111 cm³/mol. The summed E-state index contributed by atoms with van der Waals surface area (Å²) >= 11 is 2.20. The zero-order chi connectivity index (χ0) is 21.3. The molecule has 0 aliphatic heterocycles. The topological polar surface area (TPSA) is 131 Å². The van der Waals surface area contributed by atoms with Crippen molar-refractivity contribution in [1.29, 1.82) is 0 Å². The molecule has 4 aromatic rings. The molecule has 4 rings (SSSR count). The minimum atomic E-state index is -1.07. The molecule has 1 aromatic carbocycles. The SMILES string of the molecule is Cc1cccc(OCc2nnc(SCc3nc4sc(C(=O)O)c(C)c4c(=O)[nH]3)o2)c1. The summed E-state index contributed by atoms with van der Waals surface area (Å²) in [4.78, 5) is 31.2. The Kier molecular flexibility index (Phi) is 5.55. The smallest absolute Gasteiger partial charge is 0.346 e. The van der Waals surface area contributed by atoms with Gasteiger partial charge in [0.25, 0.3) is 16.7 Å². The van der Waals surface area contributed by atoms with Gasteiger partial charge in [0.2, 0.25) is 0 Å². The van der Waals surface area contributed by atoms with Crippen molar-refractivity contribution in [2.24, 2.45) is 0 Å². The van der Waals surface area contributed by atoms with Crippen LogP contribution < -0.4 is 10.3 Å². The van der Waals surface area contributed by atoms with Gasteiger partial charge in [-0.1, -0.05) is 23.9 Å². The van der Waals surface area contributed by atoms with Gasteiger partial charge in [-0.25, -0.2) is 9.78 Å². The van der Waals surface area contributed by atoms with E-state index in [-0.39, 0.29) is 22.8 Å².